The zero-order chi connectivity index (χ0) is 15.6. The van der Waals surface area contributed by atoms with Crippen LogP contribution in [0.15, 0.2) is 35.1 Å². The van der Waals surface area contributed by atoms with Gasteiger partial charge in [0.25, 0.3) is 0 Å². The average molecular weight is 362 g/mol. The van der Waals surface area contributed by atoms with Crippen molar-refractivity contribution in [2.45, 2.75) is 6.18 Å². The van der Waals surface area contributed by atoms with Gasteiger partial charge in [-0.25, -0.2) is 9.97 Å². The van der Waals surface area contributed by atoms with Crippen LogP contribution in [0.3, 0.4) is 0 Å². The van der Waals surface area contributed by atoms with Crippen LogP contribution >= 0.6 is 15.9 Å². The van der Waals surface area contributed by atoms with Gasteiger partial charge in [-0.15, -0.1) is 0 Å². The molecule has 0 aliphatic carbocycles. The number of benzene rings is 1. The van der Waals surface area contributed by atoms with E-state index in [2.05, 4.69) is 25.9 Å². The van der Waals surface area contributed by atoms with Crippen LogP contribution < -0.4 is 9.64 Å². The molecule has 0 amide bonds. The van der Waals surface area contributed by atoms with Crippen LogP contribution in [0.1, 0.15) is 5.82 Å². The van der Waals surface area contributed by atoms with E-state index in [4.69, 9.17) is 4.74 Å². The molecule has 21 heavy (non-hydrogen) atoms. The first-order chi connectivity index (χ1) is 9.75. The molecule has 0 N–H and O–H groups in total. The summed E-state index contributed by atoms with van der Waals surface area (Å²) >= 11 is 3.35. The van der Waals surface area contributed by atoms with Crippen molar-refractivity contribution in [1.29, 1.82) is 0 Å². The third-order valence-corrected chi connectivity index (χ3v) is 2.95. The van der Waals surface area contributed by atoms with Crippen LogP contribution in [0.25, 0.3) is 0 Å². The summed E-state index contributed by atoms with van der Waals surface area (Å²) in [5.41, 5.74) is 0.882. The Balaban J connectivity index is 2.22. The Kier molecular flexibility index (Phi) is 4.36. The van der Waals surface area contributed by atoms with Crippen LogP contribution in [0, 0.1) is 0 Å². The summed E-state index contributed by atoms with van der Waals surface area (Å²) in [4.78, 5) is 8.36. The summed E-state index contributed by atoms with van der Waals surface area (Å²) in [7, 11) is 3.74. The molecule has 8 heteroatoms. The molecular weight excluding hydrogens is 351 g/mol. The molecule has 2 aromatic rings. The van der Waals surface area contributed by atoms with E-state index in [0.717, 1.165) is 22.6 Å². The van der Waals surface area contributed by atoms with Crippen LogP contribution in [0.5, 0.6) is 11.5 Å². The first-order valence-corrected chi connectivity index (χ1v) is 6.60. The molecule has 0 aliphatic heterocycles. The van der Waals surface area contributed by atoms with Gasteiger partial charge in [0.05, 0.1) is 12.4 Å². The maximum Gasteiger partial charge on any atom is 0.451 e. The number of halogens is 4. The Morgan fingerprint density at radius 3 is 2.19 bits per heavy atom. The summed E-state index contributed by atoms with van der Waals surface area (Å²) in [5.74, 6) is -0.597. The summed E-state index contributed by atoms with van der Waals surface area (Å²) < 4.78 is 43.3. The molecule has 4 nitrogen and oxygen atoms in total. The topological polar surface area (TPSA) is 38.2 Å². The number of alkyl halides is 3. The lowest BCUT2D eigenvalue weighted by Crippen LogP contribution is -2.10. The highest BCUT2D eigenvalue weighted by Crippen LogP contribution is 2.30. The van der Waals surface area contributed by atoms with Gasteiger partial charge in [-0.05, 0) is 12.1 Å². The highest BCUT2D eigenvalue weighted by Gasteiger charge is 2.34. The Morgan fingerprint density at radius 2 is 1.67 bits per heavy atom. The molecule has 0 saturated carbocycles. The molecule has 0 bridgehead atoms. The SMILES string of the molecule is CN(C)c1cc(Br)cc(Oc2cnc(C(F)(F)F)nc2)c1. The van der Waals surface area contributed by atoms with E-state index in [1.807, 2.05) is 25.1 Å². The fourth-order valence-electron chi connectivity index (χ4n) is 1.52. The zero-order valence-corrected chi connectivity index (χ0v) is 12.7. The number of rotatable bonds is 3. The van der Waals surface area contributed by atoms with Gasteiger partial charge in [0.15, 0.2) is 5.75 Å². The number of hydrogen-bond donors (Lipinski definition) is 0. The summed E-state index contributed by atoms with van der Waals surface area (Å²) in [6, 6.07) is 5.34. The lowest BCUT2D eigenvalue weighted by Gasteiger charge is -2.15. The number of ether oxygens (including phenoxy) is 1. The molecule has 0 saturated heterocycles. The van der Waals surface area contributed by atoms with Crippen molar-refractivity contribution in [2.24, 2.45) is 0 Å². The first kappa shape index (κ1) is 15.6. The van der Waals surface area contributed by atoms with E-state index in [0.29, 0.717) is 5.75 Å². The quantitative estimate of drug-likeness (QED) is 0.824. The zero-order valence-electron chi connectivity index (χ0n) is 11.1. The van der Waals surface area contributed by atoms with E-state index in [9.17, 15) is 13.2 Å². The van der Waals surface area contributed by atoms with Crippen molar-refractivity contribution in [3.8, 4) is 11.5 Å². The van der Waals surface area contributed by atoms with Crippen LogP contribution in [-0.2, 0) is 6.18 Å². The highest BCUT2D eigenvalue weighted by atomic mass is 79.9. The standard InChI is InChI=1S/C13H11BrF3N3O/c1-20(2)9-3-8(14)4-10(5-9)21-11-6-18-12(19-7-11)13(15,16)17/h3-7H,1-2H3. The molecule has 0 aliphatic rings. The van der Waals surface area contributed by atoms with E-state index in [1.54, 1.807) is 12.1 Å². The molecule has 1 aromatic carbocycles. The van der Waals surface area contributed by atoms with Crippen LogP contribution in [-0.4, -0.2) is 24.1 Å². The Morgan fingerprint density at radius 1 is 1.05 bits per heavy atom. The highest BCUT2D eigenvalue weighted by molar-refractivity contribution is 9.10. The molecule has 0 radical (unpaired) electrons. The van der Waals surface area contributed by atoms with Gasteiger partial charge in [-0.2, -0.15) is 13.2 Å². The predicted molar refractivity (Wildman–Crippen MR) is 75.6 cm³/mol. The molecule has 2 rings (SSSR count). The third kappa shape index (κ3) is 4.07. The molecule has 0 spiro atoms. The fourth-order valence-corrected chi connectivity index (χ4v) is 1.98. The largest absolute Gasteiger partial charge is 0.454 e. The molecule has 0 unspecified atom stereocenters. The number of nitrogens with zero attached hydrogens (tertiary/aromatic N) is 3. The minimum Gasteiger partial charge on any atom is -0.454 e. The monoisotopic (exact) mass is 361 g/mol. The van der Waals surface area contributed by atoms with Gasteiger partial charge in [0.2, 0.25) is 5.82 Å². The summed E-state index contributed by atoms with van der Waals surface area (Å²) in [5, 5.41) is 0. The van der Waals surface area contributed by atoms with Gasteiger partial charge in [0, 0.05) is 30.3 Å². The Hall–Kier alpha value is -1.83. The van der Waals surface area contributed by atoms with E-state index in [1.165, 1.54) is 0 Å². The molecule has 0 fully saturated rings. The lowest BCUT2D eigenvalue weighted by molar-refractivity contribution is -0.145. The number of hydrogen-bond acceptors (Lipinski definition) is 4. The summed E-state index contributed by atoms with van der Waals surface area (Å²) in [6.07, 6.45) is -2.58. The van der Waals surface area contributed by atoms with E-state index in [-0.39, 0.29) is 5.75 Å². The van der Waals surface area contributed by atoms with Crippen molar-refractivity contribution in [3.05, 3.63) is 40.9 Å². The fraction of sp³-hybridized carbons (Fsp3) is 0.231. The molecule has 1 aromatic heterocycles. The Bertz CT molecular complexity index is 630. The maximum absolute atomic E-state index is 12.4. The smallest absolute Gasteiger partial charge is 0.451 e. The average Bonchev–Trinajstić information content (AvgIpc) is 2.37. The van der Waals surface area contributed by atoms with Crippen molar-refractivity contribution >= 4 is 21.6 Å². The van der Waals surface area contributed by atoms with Crippen LogP contribution in [0.4, 0.5) is 18.9 Å². The van der Waals surface area contributed by atoms with Gasteiger partial charge in [0.1, 0.15) is 5.75 Å². The van der Waals surface area contributed by atoms with Gasteiger partial charge >= 0.3 is 6.18 Å². The van der Waals surface area contributed by atoms with E-state index < -0.39 is 12.0 Å². The second-order valence-electron chi connectivity index (χ2n) is 4.38. The Labute approximate surface area is 127 Å². The third-order valence-electron chi connectivity index (χ3n) is 2.49. The second-order valence-corrected chi connectivity index (χ2v) is 5.30. The van der Waals surface area contributed by atoms with Gasteiger partial charge in [-0.3, -0.25) is 0 Å². The van der Waals surface area contributed by atoms with E-state index >= 15 is 0 Å². The van der Waals surface area contributed by atoms with Crippen molar-refractivity contribution in [3.63, 3.8) is 0 Å². The summed E-state index contributed by atoms with van der Waals surface area (Å²) in [6.45, 7) is 0. The van der Waals surface area contributed by atoms with Crippen molar-refractivity contribution < 1.29 is 17.9 Å². The minimum atomic E-state index is -4.56. The first-order valence-electron chi connectivity index (χ1n) is 5.81. The normalized spacial score (nSPS) is 11.3. The maximum atomic E-state index is 12.4. The van der Waals surface area contributed by atoms with Crippen LogP contribution in [0.2, 0.25) is 0 Å². The second kappa shape index (κ2) is 5.88. The van der Waals surface area contributed by atoms with Gasteiger partial charge in [-0.1, -0.05) is 15.9 Å². The number of anilines is 1. The predicted octanol–water partition coefficient (Wildman–Crippen LogP) is 4.12. The van der Waals surface area contributed by atoms with Crippen molar-refractivity contribution in [1.82, 2.24) is 9.97 Å². The molecular formula is C13H11BrF3N3O. The van der Waals surface area contributed by atoms with Crippen molar-refractivity contribution in [2.75, 3.05) is 19.0 Å². The molecule has 112 valence electrons. The molecule has 0 atom stereocenters. The van der Waals surface area contributed by atoms with Gasteiger partial charge < -0.3 is 9.64 Å². The number of aromatic nitrogens is 2. The minimum absolute atomic E-state index is 0.130. The molecule has 1 heterocycles. The lowest BCUT2D eigenvalue weighted by atomic mass is 10.3.